The smallest absolute Gasteiger partial charge is 0.268 e. The van der Waals surface area contributed by atoms with Crippen LogP contribution in [0.2, 0.25) is 5.02 Å². The van der Waals surface area contributed by atoms with Gasteiger partial charge >= 0.3 is 0 Å². The molecule has 1 aromatic carbocycles. The molecule has 1 fully saturated rings. The first-order valence-corrected chi connectivity index (χ1v) is 14.5. The van der Waals surface area contributed by atoms with E-state index in [2.05, 4.69) is 39.9 Å². The van der Waals surface area contributed by atoms with Crippen LogP contribution in [-0.4, -0.2) is 29.5 Å². The number of aryl methyl sites for hydroxylation is 2. The normalized spacial score (nSPS) is 15.8. The molecular weight excluding hydrogens is 397 g/mol. The lowest BCUT2D eigenvalue weighted by Gasteiger charge is -2.49. The van der Waals surface area contributed by atoms with Gasteiger partial charge in [-0.15, -0.1) is 0 Å². The predicted octanol–water partition coefficient (Wildman–Crippen LogP) is 8.24. The minimum Gasteiger partial charge on any atom is -0.322 e. The number of rotatable bonds is 12. The van der Waals surface area contributed by atoms with Crippen LogP contribution in [0.15, 0.2) is 12.1 Å². The van der Waals surface area contributed by atoms with Gasteiger partial charge in [0, 0.05) is 18.0 Å². The molecule has 1 saturated carbocycles. The third kappa shape index (κ3) is 5.37. The molecule has 1 amide bonds. The number of hydrogen-bond donors (Lipinski definition) is 1. The number of benzene rings is 1. The second-order valence-electron chi connectivity index (χ2n) is 9.13. The minimum absolute atomic E-state index is 0.0922. The number of carbonyl (C=O) groups excluding carboxylic acids is 1. The number of halogens is 1. The zero-order chi connectivity index (χ0) is 21.5. The molecule has 1 aliphatic rings. The first kappa shape index (κ1) is 24.7. The molecule has 2 nitrogen and oxygen atoms in total. The summed E-state index contributed by atoms with van der Waals surface area (Å²) < 4.78 is 0. The van der Waals surface area contributed by atoms with Crippen molar-refractivity contribution in [3.63, 3.8) is 0 Å². The Labute approximate surface area is 184 Å². The summed E-state index contributed by atoms with van der Waals surface area (Å²) in [5.41, 5.74) is 3.11. The highest BCUT2D eigenvalue weighted by Gasteiger charge is 2.64. The highest BCUT2D eigenvalue weighted by Crippen LogP contribution is 2.76. The maximum atomic E-state index is 13.9. The Bertz CT molecular complexity index is 639. The molecule has 0 atom stereocenters. The topological polar surface area (TPSA) is 29.1 Å². The molecule has 0 unspecified atom stereocenters. The predicted molar refractivity (Wildman–Crippen MR) is 132 cm³/mol. The third-order valence-electron chi connectivity index (χ3n) is 7.07. The summed E-state index contributed by atoms with van der Waals surface area (Å²) >= 11 is 6.22. The van der Waals surface area contributed by atoms with Gasteiger partial charge < -0.3 is 5.32 Å². The Hall–Kier alpha value is -0.590. The Morgan fingerprint density at radius 3 is 1.76 bits per heavy atom. The monoisotopic (exact) mass is 438 g/mol. The van der Waals surface area contributed by atoms with Gasteiger partial charge in [-0.3, -0.25) is 4.79 Å². The van der Waals surface area contributed by atoms with Crippen molar-refractivity contribution in [2.75, 3.05) is 23.8 Å². The maximum absolute atomic E-state index is 13.9. The van der Waals surface area contributed by atoms with Crippen LogP contribution in [0.5, 0.6) is 0 Å². The number of hydrogen-bond acceptors (Lipinski definition) is 1. The van der Waals surface area contributed by atoms with Gasteiger partial charge in [0.05, 0.1) is 18.5 Å². The van der Waals surface area contributed by atoms with Gasteiger partial charge in [-0.25, -0.2) is 0 Å². The Kier molecular flexibility index (Phi) is 9.49. The second kappa shape index (κ2) is 11.1. The van der Waals surface area contributed by atoms with E-state index in [1.165, 1.54) is 63.4 Å². The van der Waals surface area contributed by atoms with E-state index in [4.69, 9.17) is 11.6 Å². The van der Waals surface area contributed by atoms with Gasteiger partial charge in [0.15, 0.2) is 5.16 Å². The zero-order valence-corrected chi connectivity index (χ0v) is 21.0. The molecule has 29 heavy (non-hydrogen) atoms. The van der Waals surface area contributed by atoms with Crippen molar-refractivity contribution in [3.8, 4) is 0 Å². The molecule has 0 saturated heterocycles. The highest BCUT2D eigenvalue weighted by atomic mass is 35.5. The van der Waals surface area contributed by atoms with Crippen LogP contribution in [0.25, 0.3) is 0 Å². The van der Waals surface area contributed by atoms with Crippen LogP contribution in [0.3, 0.4) is 0 Å². The molecule has 2 rings (SSSR count). The summed E-state index contributed by atoms with van der Waals surface area (Å²) in [4.78, 5) is 13.9. The molecule has 0 spiro atoms. The van der Waals surface area contributed by atoms with E-state index >= 15 is 0 Å². The van der Waals surface area contributed by atoms with Crippen molar-refractivity contribution >= 4 is 30.5 Å². The molecule has 4 heteroatoms. The fourth-order valence-electron chi connectivity index (χ4n) is 5.13. The van der Waals surface area contributed by atoms with Gasteiger partial charge in [0.2, 0.25) is 0 Å². The highest BCUT2D eigenvalue weighted by molar-refractivity contribution is 7.78. The average Bonchev–Trinajstić information content (AvgIpc) is 2.64. The van der Waals surface area contributed by atoms with E-state index in [0.29, 0.717) is 5.91 Å². The van der Waals surface area contributed by atoms with Crippen LogP contribution in [0.4, 0.5) is 5.69 Å². The number of unbranched alkanes of at least 4 members (excludes halogenated alkanes) is 3. The number of anilines is 1. The fraction of sp³-hybridized carbons (Fsp3) is 0.720. The van der Waals surface area contributed by atoms with Crippen molar-refractivity contribution in [3.05, 3.63) is 28.3 Å². The second-order valence-corrected chi connectivity index (χ2v) is 14.1. The van der Waals surface area contributed by atoms with Gasteiger partial charge in [-0.2, -0.15) is 0 Å². The lowest BCUT2D eigenvalue weighted by molar-refractivity contribution is -0.120. The summed E-state index contributed by atoms with van der Waals surface area (Å²) in [6.07, 6.45) is 14.8. The summed E-state index contributed by atoms with van der Waals surface area (Å²) in [5, 5.41) is 4.06. The van der Waals surface area contributed by atoms with Crippen molar-refractivity contribution in [1.29, 1.82) is 0 Å². The molecule has 1 aromatic rings. The molecule has 1 aliphatic carbocycles. The largest absolute Gasteiger partial charge is 0.322 e. The number of nitrogens with one attached hydrogen (secondary N) is 1. The Morgan fingerprint density at radius 1 is 0.966 bits per heavy atom. The van der Waals surface area contributed by atoms with E-state index in [-0.39, 0.29) is 5.16 Å². The number of carbonyl (C=O) groups is 1. The van der Waals surface area contributed by atoms with E-state index in [9.17, 15) is 4.79 Å². The van der Waals surface area contributed by atoms with Gasteiger partial charge in [0.25, 0.3) is 5.91 Å². The van der Waals surface area contributed by atoms with E-state index in [0.717, 1.165) is 34.7 Å². The first-order chi connectivity index (χ1) is 13.9. The molecule has 0 aliphatic heterocycles. The fourth-order valence-corrected chi connectivity index (χ4v) is 11.9. The van der Waals surface area contributed by atoms with Crippen LogP contribution in [0.1, 0.15) is 89.7 Å². The number of amides is 1. The van der Waals surface area contributed by atoms with Gasteiger partial charge in [-0.05, 0) is 75.6 Å². The minimum atomic E-state index is -1.35. The Balaban J connectivity index is 2.40. The van der Waals surface area contributed by atoms with Gasteiger partial charge in [-0.1, -0.05) is 51.6 Å². The SMILES string of the molecule is CCCC[P+](CCCC)(CCCC)C1(C(=O)Nc2c(C)cc(Cl)cc2C)CCC1. The van der Waals surface area contributed by atoms with Crippen molar-refractivity contribution < 1.29 is 4.79 Å². The molecule has 0 radical (unpaired) electrons. The lowest BCUT2D eigenvalue weighted by atomic mass is 9.83. The zero-order valence-electron chi connectivity index (χ0n) is 19.4. The average molecular weight is 439 g/mol. The summed E-state index contributed by atoms with van der Waals surface area (Å²) in [5.74, 6) is 0.314. The molecule has 0 bridgehead atoms. The van der Waals surface area contributed by atoms with Crippen LogP contribution in [-0.2, 0) is 4.79 Å². The van der Waals surface area contributed by atoms with Crippen molar-refractivity contribution in [1.82, 2.24) is 0 Å². The molecule has 0 heterocycles. The van der Waals surface area contributed by atoms with Crippen LogP contribution < -0.4 is 5.32 Å². The van der Waals surface area contributed by atoms with Crippen molar-refractivity contribution in [2.45, 2.75) is 97.6 Å². The summed E-state index contributed by atoms with van der Waals surface area (Å²) in [6, 6.07) is 3.93. The van der Waals surface area contributed by atoms with Gasteiger partial charge in [0.1, 0.15) is 0 Å². The maximum Gasteiger partial charge on any atom is 0.268 e. The molecular formula is C25H42ClNOP+. The van der Waals surface area contributed by atoms with E-state index in [1.807, 2.05) is 12.1 Å². The summed E-state index contributed by atoms with van der Waals surface area (Å²) in [7, 11) is -1.35. The van der Waals surface area contributed by atoms with E-state index in [1.54, 1.807) is 0 Å². The lowest BCUT2D eigenvalue weighted by Crippen LogP contribution is -2.52. The molecule has 0 aromatic heterocycles. The van der Waals surface area contributed by atoms with Crippen LogP contribution >= 0.6 is 18.9 Å². The first-order valence-electron chi connectivity index (χ1n) is 11.8. The van der Waals surface area contributed by atoms with Crippen molar-refractivity contribution in [2.24, 2.45) is 0 Å². The van der Waals surface area contributed by atoms with E-state index < -0.39 is 7.26 Å². The van der Waals surface area contributed by atoms with Crippen LogP contribution in [0, 0.1) is 13.8 Å². The Morgan fingerprint density at radius 2 is 1.41 bits per heavy atom. The summed E-state index contributed by atoms with van der Waals surface area (Å²) in [6.45, 7) is 11.0. The third-order valence-corrected chi connectivity index (χ3v) is 13.3. The quantitative estimate of drug-likeness (QED) is 0.327. The molecule has 1 N–H and O–H groups in total. The molecule has 164 valence electrons. The standard InChI is InChI=1S/C25H41ClNOP/c1-6-9-15-29(16-10-7-2,17-11-8-3)25(13-12-14-25)24(28)27-23-20(4)18-22(26)19-21(23)5/h18-19H,6-17H2,1-5H3/p+1.